The Morgan fingerprint density at radius 1 is 1.17 bits per heavy atom. The highest BCUT2D eigenvalue weighted by molar-refractivity contribution is 7.88. The molecule has 0 saturated heterocycles. The first-order valence-corrected chi connectivity index (χ1v) is 13.1. The van der Waals surface area contributed by atoms with Crippen molar-refractivity contribution in [1.29, 1.82) is 0 Å². The topological polar surface area (TPSA) is 56.0 Å². The Kier molecular flexibility index (Phi) is 5.41. The Bertz CT molecular complexity index is 1110. The Morgan fingerprint density at radius 3 is 2.76 bits per heavy atom. The molecule has 150 valence electrons. The zero-order valence-electron chi connectivity index (χ0n) is 16.2. The summed E-state index contributed by atoms with van der Waals surface area (Å²) in [4.78, 5) is 7.03. The van der Waals surface area contributed by atoms with E-state index in [0.717, 1.165) is 44.3 Å². The molecular weight excluding hydrogens is 416 g/mol. The fourth-order valence-electron chi connectivity index (χ4n) is 4.36. The van der Waals surface area contributed by atoms with Crippen molar-refractivity contribution < 1.29 is 4.21 Å². The van der Waals surface area contributed by atoms with Crippen molar-refractivity contribution in [3.63, 3.8) is 0 Å². The van der Waals surface area contributed by atoms with Gasteiger partial charge < -0.3 is 5.73 Å². The number of allylic oxidation sites excluding steroid dienone is 4. The number of nitrogens with two attached hydrogens (primary N) is 1. The fraction of sp³-hybridized carbons (Fsp3) is 0.348. The summed E-state index contributed by atoms with van der Waals surface area (Å²) >= 11 is 3.24. The summed E-state index contributed by atoms with van der Waals surface area (Å²) < 4.78 is 14.2. The minimum atomic E-state index is -1.05. The van der Waals surface area contributed by atoms with Gasteiger partial charge in [-0.15, -0.1) is 22.7 Å². The van der Waals surface area contributed by atoms with Crippen LogP contribution in [0.1, 0.15) is 50.0 Å². The quantitative estimate of drug-likeness (QED) is 0.494. The van der Waals surface area contributed by atoms with Crippen molar-refractivity contribution in [3.05, 3.63) is 53.4 Å². The van der Waals surface area contributed by atoms with Gasteiger partial charge in [0.25, 0.3) is 0 Å². The molecule has 2 aliphatic rings. The number of hydrogen-bond acceptors (Lipinski definition) is 5. The van der Waals surface area contributed by atoms with E-state index in [-0.39, 0.29) is 11.2 Å². The van der Waals surface area contributed by atoms with Gasteiger partial charge >= 0.3 is 0 Å². The number of fused-ring (bicyclic) bond motifs is 1. The standard InChI is InChI=1S/C23H24N2OS3/c24-21-20-17(15-8-3-1-4-9-15)14-18(19-12-7-13-27-19)25-22(20)28-23(21)29(26)16-10-5-2-6-11-16/h1,3-4,7-8,12-16H,2,5-6,9-11,24H2. The van der Waals surface area contributed by atoms with Crippen LogP contribution in [0.15, 0.2) is 52.1 Å². The van der Waals surface area contributed by atoms with E-state index >= 15 is 0 Å². The summed E-state index contributed by atoms with van der Waals surface area (Å²) in [5, 5.41) is 3.33. The largest absolute Gasteiger partial charge is 0.396 e. The van der Waals surface area contributed by atoms with E-state index in [2.05, 4.69) is 47.9 Å². The highest BCUT2D eigenvalue weighted by atomic mass is 32.2. The Balaban J connectivity index is 1.66. The second-order valence-corrected chi connectivity index (χ2v) is 11.6. The van der Waals surface area contributed by atoms with E-state index in [0.29, 0.717) is 5.69 Å². The maximum Gasteiger partial charge on any atom is 0.127 e. The molecule has 0 amide bonds. The molecule has 6 heteroatoms. The second kappa shape index (κ2) is 8.17. The van der Waals surface area contributed by atoms with Crippen LogP contribution in [0, 0.1) is 0 Å². The molecule has 2 unspecified atom stereocenters. The number of rotatable bonds is 4. The summed E-state index contributed by atoms with van der Waals surface area (Å²) in [6.45, 7) is 0. The summed E-state index contributed by atoms with van der Waals surface area (Å²) in [5.41, 5.74) is 9.55. The zero-order chi connectivity index (χ0) is 19.8. The number of thiophene rings is 2. The van der Waals surface area contributed by atoms with Crippen LogP contribution < -0.4 is 5.73 Å². The number of nitrogens with zero attached hydrogens (tertiary/aromatic N) is 1. The lowest BCUT2D eigenvalue weighted by Gasteiger charge is -2.20. The third-order valence-corrected chi connectivity index (χ3v) is 10.1. The molecule has 0 radical (unpaired) electrons. The van der Waals surface area contributed by atoms with Crippen LogP contribution in [0.4, 0.5) is 5.69 Å². The van der Waals surface area contributed by atoms with Crippen molar-refractivity contribution in [3.8, 4) is 10.6 Å². The average Bonchev–Trinajstić information content (AvgIpc) is 3.42. The molecule has 3 aromatic rings. The van der Waals surface area contributed by atoms with Crippen molar-refractivity contribution in [1.82, 2.24) is 4.98 Å². The number of anilines is 1. The molecule has 1 saturated carbocycles. The van der Waals surface area contributed by atoms with Gasteiger partial charge in [-0.2, -0.15) is 0 Å². The van der Waals surface area contributed by atoms with Gasteiger partial charge in [0.2, 0.25) is 0 Å². The monoisotopic (exact) mass is 440 g/mol. The first-order valence-electron chi connectivity index (χ1n) is 10.2. The van der Waals surface area contributed by atoms with Gasteiger partial charge in [-0.05, 0) is 42.3 Å². The molecule has 3 nitrogen and oxygen atoms in total. The third kappa shape index (κ3) is 3.62. The zero-order valence-corrected chi connectivity index (χ0v) is 18.6. The minimum absolute atomic E-state index is 0.233. The first kappa shape index (κ1) is 19.2. The Morgan fingerprint density at radius 2 is 2.03 bits per heavy atom. The van der Waals surface area contributed by atoms with E-state index in [1.165, 1.54) is 24.8 Å². The van der Waals surface area contributed by atoms with Crippen LogP contribution in [0.5, 0.6) is 0 Å². The summed E-state index contributed by atoms with van der Waals surface area (Å²) in [5.74, 6) is 0.275. The molecule has 0 spiro atoms. The molecule has 0 aliphatic heterocycles. The third-order valence-electron chi connectivity index (χ3n) is 5.89. The molecule has 0 aromatic carbocycles. The summed E-state index contributed by atoms with van der Waals surface area (Å²) in [6.07, 6.45) is 15.3. The van der Waals surface area contributed by atoms with Crippen molar-refractivity contribution in [2.75, 3.05) is 5.73 Å². The highest BCUT2D eigenvalue weighted by Crippen LogP contribution is 2.44. The summed E-state index contributed by atoms with van der Waals surface area (Å²) in [6, 6.07) is 6.36. The SMILES string of the molecule is Nc1c(S(=O)C2CCCCC2)sc2nc(-c3cccs3)cc(C3C=CC=CC3)c12. The number of aromatic nitrogens is 1. The highest BCUT2D eigenvalue weighted by Gasteiger charge is 2.28. The van der Waals surface area contributed by atoms with E-state index in [1.807, 2.05) is 0 Å². The van der Waals surface area contributed by atoms with Crippen LogP contribution in [-0.2, 0) is 10.8 Å². The molecule has 29 heavy (non-hydrogen) atoms. The second-order valence-electron chi connectivity index (χ2n) is 7.77. The molecule has 2 N–H and O–H groups in total. The van der Waals surface area contributed by atoms with Crippen LogP contribution in [0.2, 0.25) is 0 Å². The lowest BCUT2D eigenvalue weighted by atomic mass is 9.90. The van der Waals surface area contributed by atoms with Gasteiger partial charge in [0.05, 0.1) is 27.1 Å². The number of pyridine rings is 1. The van der Waals surface area contributed by atoms with Crippen molar-refractivity contribution in [2.24, 2.45) is 0 Å². The van der Waals surface area contributed by atoms with Gasteiger partial charge in [0, 0.05) is 16.6 Å². The summed E-state index contributed by atoms with van der Waals surface area (Å²) in [7, 11) is -1.05. The van der Waals surface area contributed by atoms with Gasteiger partial charge in [0.1, 0.15) is 9.04 Å². The van der Waals surface area contributed by atoms with Crippen LogP contribution in [0.25, 0.3) is 20.8 Å². The Hall–Kier alpha value is -1.76. The molecule has 5 rings (SSSR count). The predicted molar refractivity (Wildman–Crippen MR) is 126 cm³/mol. The van der Waals surface area contributed by atoms with Gasteiger partial charge in [-0.25, -0.2) is 4.98 Å². The van der Waals surface area contributed by atoms with Crippen LogP contribution >= 0.6 is 22.7 Å². The lowest BCUT2D eigenvalue weighted by molar-refractivity contribution is 0.505. The smallest absolute Gasteiger partial charge is 0.127 e. The minimum Gasteiger partial charge on any atom is -0.396 e. The van der Waals surface area contributed by atoms with Gasteiger partial charge in [-0.1, -0.05) is 49.6 Å². The van der Waals surface area contributed by atoms with Crippen molar-refractivity contribution >= 4 is 49.4 Å². The van der Waals surface area contributed by atoms with E-state index in [9.17, 15) is 4.21 Å². The van der Waals surface area contributed by atoms with Crippen LogP contribution in [-0.4, -0.2) is 14.4 Å². The predicted octanol–water partition coefficient (Wildman–Crippen LogP) is 6.65. The normalized spacial score (nSPS) is 21.0. The molecule has 2 aliphatic carbocycles. The number of nitrogen functional groups attached to an aromatic ring is 1. The molecule has 3 heterocycles. The molecular formula is C23H24N2OS3. The van der Waals surface area contributed by atoms with Crippen molar-refractivity contribution in [2.45, 2.75) is 53.9 Å². The van der Waals surface area contributed by atoms with Gasteiger partial charge in [-0.3, -0.25) is 4.21 Å². The fourth-order valence-corrected chi connectivity index (χ4v) is 8.27. The van der Waals surface area contributed by atoms with E-state index in [4.69, 9.17) is 10.7 Å². The maximum atomic E-state index is 13.4. The molecule has 2 atom stereocenters. The molecule has 1 fully saturated rings. The lowest BCUT2D eigenvalue weighted by Crippen LogP contribution is -2.18. The maximum absolute atomic E-state index is 13.4. The van der Waals surface area contributed by atoms with E-state index < -0.39 is 10.8 Å². The van der Waals surface area contributed by atoms with Crippen LogP contribution in [0.3, 0.4) is 0 Å². The average molecular weight is 441 g/mol. The molecule has 0 bridgehead atoms. The number of hydrogen-bond donors (Lipinski definition) is 1. The first-order chi connectivity index (χ1) is 14.2. The Labute approximate surface area is 181 Å². The van der Waals surface area contributed by atoms with Gasteiger partial charge in [0.15, 0.2) is 0 Å². The molecule has 3 aromatic heterocycles. The van der Waals surface area contributed by atoms with E-state index in [1.54, 1.807) is 22.7 Å².